The highest BCUT2D eigenvalue weighted by Gasteiger charge is 2.35. The van der Waals surface area contributed by atoms with E-state index in [0.29, 0.717) is 24.2 Å². The number of nitrogens with zero attached hydrogens (tertiary/aromatic N) is 2. The first-order valence-electron chi connectivity index (χ1n) is 7.19. The van der Waals surface area contributed by atoms with Crippen molar-refractivity contribution in [2.24, 2.45) is 5.92 Å². The third-order valence-electron chi connectivity index (χ3n) is 3.67. The summed E-state index contributed by atoms with van der Waals surface area (Å²) in [6.45, 7) is 4.92. The van der Waals surface area contributed by atoms with Crippen molar-refractivity contribution in [3.05, 3.63) is 33.9 Å². The van der Waals surface area contributed by atoms with Crippen LogP contribution in [0.5, 0.6) is 0 Å². The zero-order valence-electron chi connectivity index (χ0n) is 12.3. The van der Waals surface area contributed by atoms with Gasteiger partial charge in [-0.25, -0.2) is 4.79 Å². The average Bonchev–Trinajstić information content (AvgIpc) is 3.22. The van der Waals surface area contributed by atoms with Crippen molar-refractivity contribution in [2.45, 2.75) is 39.2 Å². The number of aromatic carboxylic acids is 1. The number of carboxylic acid groups (broad SMARTS) is 1. The molecule has 0 unspecified atom stereocenters. The van der Waals surface area contributed by atoms with Crippen molar-refractivity contribution in [1.82, 2.24) is 0 Å². The van der Waals surface area contributed by atoms with E-state index in [2.05, 4.69) is 13.8 Å². The summed E-state index contributed by atoms with van der Waals surface area (Å²) in [4.78, 5) is 24.0. The molecule has 1 aromatic carbocycles. The third kappa shape index (κ3) is 3.51. The summed E-state index contributed by atoms with van der Waals surface area (Å²) in [6, 6.07) is 4.82. The molecule has 21 heavy (non-hydrogen) atoms. The molecule has 1 aromatic rings. The zero-order chi connectivity index (χ0) is 15.6. The molecule has 1 aliphatic rings. The summed E-state index contributed by atoms with van der Waals surface area (Å²) in [5.74, 6) is -0.767. The van der Waals surface area contributed by atoms with Crippen LogP contribution in [0.25, 0.3) is 0 Å². The first-order valence-corrected chi connectivity index (χ1v) is 7.19. The first kappa shape index (κ1) is 15.3. The van der Waals surface area contributed by atoms with Gasteiger partial charge >= 0.3 is 11.7 Å². The maximum Gasteiger partial charge on any atom is 0.342 e. The highest BCUT2D eigenvalue weighted by atomic mass is 16.6. The molecule has 114 valence electrons. The molecule has 6 nitrogen and oxygen atoms in total. The van der Waals surface area contributed by atoms with E-state index in [-0.39, 0.29) is 11.3 Å². The molecule has 0 saturated heterocycles. The number of carbonyl (C=O) groups is 1. The van der Waals surface area contributed by atoms with Crippen LogP contribution in [0.3, 0.4) is 0 Å². The lowest BCUT2D eigenvalue weighted by atomic mass is 10.1. The summed E-state index contributed by atoms with van der Waals surface area (Å²) >= 11 is 0. The molecule has 1 saturated carbocycles. The number of rotatable bonds is 7. The number of hydrogen-bond acceptors (Lipinski definition) is 4. The van der Waals surface area contributed by atoms with E-state index in [9.17, 15) is 20.0 Å². The van der Waals surface area contributed by atoms with Crippen LogP contribution in [0, 0.1) is 16.0 Å². The number of anilines is 1. The minimum absolute atomic E-state index is 0.243. The van der Waals surface area contributed by atoms with Gasteiger partial charge in [0.25, 0.3) is 0 Å². The molecule has 0 amide bonds. The standard InChI is InChI=1S/C15H20N2O4/c1-10(2)8-9-16(11-6-7-11)13-5-3-4-12(15(18)19)14(13)17(20)21/h3-5,10-11H,6-9H2,1-2H3,(H,18,19). The van der Waals surface area contributed by atoms with Crippen LogP contribution in [0.1, 0.15) is 43.5 Å². The summed E-state index contributed by atoms with van der Waals surface area (Å²) in [7, 11) is 0. The van der Waals surface area contributed by atoms with Crippen LogP contribution in [-0.4, -0.2) is 28.6 Å². The maximum atomic E-state index is 11.3. The minimum Gasteiger partial charge on any atom is -0.477 e. The summed E-state index contributed by atoms with van der Waals surface area (Å²) in [5.41, 5.74) is -0.101. The van der Waals surface area contributed by atoms with Crippen LogP contribution in [-0.2, 0) is 0 Å². The van der Waals surface area contributed by atoms with Gasteiger partial charge in [0.1, 0.15) is 11.3 Å². The van der Waals surface area contributed by atoms with E-state index in [1.165, 1.54) is 6.07 Å². The molecule has 0 atom stereocenters. The van der Waals surface area contributed by atoms with Crippen molar-refractivity contribution in [1.29, 1.82) is 0 Å². The predicted octanol–water partition coefficient (Wildman–Crippen LogP) is 3.31. The second kappa shape index (κ2) is 6.11. The van der Waals surface area contributed by atoms with E-state index in [0.717, 1.165) is 19.3 Å². The fourth-order valence-corrected chi connectivity index (χ4v) is 2.41. The predicted molar refractivity (Wildman–Crippen MR) is 79.9 cm³/mol. The molecule has 0 spiro atoms. The molecule has 2 rings (SSSR count). The van der Waals surface area contributed by atoms with Crippen LogP contribution in [0.15, 0.2) is 18.2 Å². The van der Waals surface area contributed by atoms with Gasteiger partial charge in [0.15, 0.2) is 0 Å². The Labute approximate surface area is 123 Å². The summed E-state index contributed by atoms with van der Waals surface area (Å²) < 4.78 is 0. The number of para-hydroxylation sites is 1. The van der Waals surface area contributed by atoms with E-state index < -0.39 is 10.9 Å². The van der Waals surface area contributed by atoms with Gasteiger partial charge in [0.2, 0.25) is 0 Å². The van der Waals surface area contributed by atoms with E-state index in [1.54, 1.807) is 12.1 Å². The van der Waals surface area contributed by atoms with Crippen molar-refractivity contribution >= 4 is 17.3 Å². The topological polar surface area (TPSA) is 83.7 Å². The number of hydrogen-bond donors (Lipinski definition) is 1. The molecule has 0 radical (unpaired) electrons. The van der Waals surface area contributed by atoms with Gasteiger partial charge in [-0.05, 0) is 37.3 Å². The van der Waals surface area contributed by atoms with Gasteiger partial charge in [0.05, 0.1) is 4.92 Å². The van der Waals surface area contributed by atoms with E-state index >= 15 is 0 Å². The van der Waals surface area contributed by atoms with Crippen LogP contribution in [0.2, 0.25) is 0 Å². The summed E-state index contributed by atoms with van der Waals surface area (Å²) in [5, 5.41) is 20.5. The Balaban J connectivity index is 2.42. The number of benzene rings is 1. The Bertz CT molecular complexity index is 553. The smallest absolute Gasteiger partial charge is 0.342 e. The molecule has 0 heterocycles. The first-order chi connectivity index (χ1) is 9.91. The highest BCUT2D eigenvalue weighted by molar-refractivity contribution is 5.95. The molecule has 0 aromatic heterocycles. The van der Waals surface area contributed by atoms with Crippen LogP contribution < -0.4 is 4.90 Å². The van der Waals surface area contributed by atoms with Crippen LogP contribution in [0.4, 0.5) is 11.4 Å². The lowest BCUT2D eigenvalue weighted by molar-refractivity contribution is -0.384. The van der Waals surface area contributed by atoms with Crippen LogP contribution >= 0.6 is 0 Å². The quantitative estimate of drug-likeness (QED) is 0.615. The molecule has 1 N–H and O–H groups in total. The number of nitro benzene ring substituents is 1. The Kier molecular flexibility index (Phi) is 4.45. The van der Waals surface area contributed by atoms with Crippen molar-refractivity contribution < 1.29 is 14.8 Å². The Hall–Kier alpha value is -2.11. The normalized spacial score (nSPS) is 14.2. The molecule has 0 aliphatic heterocycles. The molecule has 0 bridgehead atoms. The van der Waals surface area contributed by atoms with Gasteiger partial charge in [-0.3, -0.25) is 10.1 Å². The maximum absolute atomic E-state index is 11.3. The second-order valence-electron chi connectivity index (χ2n) is 5.84. The number of nitro groups is 1. The zero-order valence-corrected chi connectivity index (χ0v) is 12.3. The van der Waals surface area contributed by atoms with Crippen molar-refractivity contribution in [3.8, 4) is 0 Å². The van der Waals surface area contributed by atoms with Crippen molar-refractivity contribution in [2.75, 3.05) is 11.4 Å². The van der Waals surface area contributed by atoms with Gasteiger partial charge in [0, 0.05) is 12.6 Å². The minimum atomic E-state index is -1.26. The van der Waals surface area contributed by atoms with E-state index in [1.807, 2.05) is 4.90 Å². The fraction of sp³-hybridized carbons (Fsp3) is 0.533. The largest absolute Gasteiger partial charge is 0.477 e. The van der Waals surface area contributed by atoms with Gasteiger partial charge in [-0.15, -0.1) is 0 Å². The Morgan fingerprint density at radius 1 is 1.48 bits per heavy atom. The van der Waals surface area contributed by atoms with E-state index in [4.69, 9.17) is 0 Å². The highest BCUT2D eigenvalue weighted by Crippen LogP contribution is 2.39. The molecule has 1 fully saturated rings. The number of carboxylic acids is 1. The Morgan fingerprint density at radius 3 is 2.62 bits per heavy atom. The average molecular weight is 292 g/mol. The molecule has 6 heteroatoms. The van der Waals surface area contributed by atoms with Gasteiger partial charge < -0.3 is 10.0 Å². The monoisotopic (exact) mass is 292 g/mol. The van der Waals surface area contributed by atoms with Gasteiger partial charge in [-0.2, -0.15) is 0 Å². The lowest BCUT2D eigenvalue weighted by Crippen LogP contribution is -2.28. The van der Waals surface area contributed by atoms with Gasteiger partial charge in [-0.1, -0.05) is 19.9 Å². The Morgan fingerprint density at radius 2 is 2.14 bits per heavy atom. The fourth-order valence-electron chi connectivity index (χ4n) is 2.41. The van der Waals surface area contributed by atoms with Crippen molar-refractivity contribution in [3.63, 3.8) is 0 Å². The SMILES string of the molecule is CC(C)CCN(c1cccc(C(=O)O)c1[N+](=O)[O-])C1CC1. The molecule has 1 aliphatic carbocycles. The summed E-state index contributed by atoms with van der Waals surface area (Å²) in [6.07, 6.45) is 2.93. The third-order valence-corrected chi connectivity index (χ3v) is 3.67. The lowest BCUT2D eigenvalue weighted by Gasteiger charge is -2.25. The molecular formula is C15H20N2O4. The second-order valence-corrected chi connectivity index (χ2v) is 5.84. The molecular weight excluding hydrogens is 272 g/mol.